The minimum Gasteiger partial charge on any atom is -0.444 e. The first-order valence-electron chi connectivity index (χ1n) is 12.3. The van der Waals surface area contributed by atoms with Gasteiger partial charge in [-0.15, -0.1) is 11.6 Å². The Morgan fingerprint density at radius 2 is 1.00 bits per heavy atom. The van der Waals surface area contributed by atoms with Gasteiger partial charge in [0.05, 0.1) is 72.7 Å². The summed E-state index contributed by atoms with van der Waals surface area (Å²) in [6.45, 7) is 12.5. The van der Waals surface area contributed by atoms with Gasteiger partial charge in [0.15, 0.2) is 0 Å². The molecule has 0 atom stereocenters. The number of carbonyl (C=O) groups is 1. The third-order valence-electron chi connectivity index (χ3n) is 4.31. The predicted molar refractivity (Wildman–Crippen MR) is 133 cm³/mol. The van der Waals surface area contributed by atoms with Gasteiger partial charge in [-0.25, -0.2) is 4.79 Å². The highest BCUT2D eigenvalue weighted by Gasteiger charge is 2.19. The summed E-state index contributed by atoms with van der Waals surface area (Å²) < 4.78 is 38.0. The number of alkyl halides is 1. The lowest BCUT2D eigenvalue weighted by Crippen LogP contribution is -2.36. The van der Waals surface area contributed by atoms with E-state index in [0.717, 1.165) is 25.3 Å². The first-order valence-corrected chi connectivity index (χ1v) is 12.9. The Hall–Kier alpha value is -0.680. The maximum atomic E-state index is 11.8. The molecule has 0 aromatic heterocycles. The topological polar surface area (TPSA) is 84.9 Å². The molecular weight excluding hydrogens is 466 g/mol. The highest BCUT2D eigenvalue weighted by atomic mass is 35.5. The molecule has 0 saturated carbocycles. The van der Waals surface area contributed by atoms with E-state index in [0.29, 0.717) is 79.2 Å². The quantitative estimate of drug-likeness (QED) is 0.142. The Labute approximate surface area is 211 Å². The molecule has 0 aliphatic rings. The highest BCUT2D eigenvalue weighted by molar-refractivity contribution is 6.17. The van der Waals surface area contributed by atoms with Gasteiger partial charge < -0.3 is 38.1 Å². The molecule has 0 aromatic rings. The minimum absolute atomic E-state index is 0.355. The van der Waals surface area contributed by atoms with Crippen LogP contribution in [0.3, 0.4) is 0 Å². The Balaban J connectivity index is 3.18. The average Bonchev–Trinajstić information content (AvgIpc) is 2.78. The van der Waals surface area contributed by atoms with E-state index in [1.807, 2.05) is 20.8 Å². The van der Waals surface area contributed by atoms with Crippen molar-refractivity contribution in [1.29, 1.82) is 0 Å². The van der Waals surface area contributed by atoms with Crippen LogP contribution in [0.1, 0.15) is 46.5 Å². The van der Waals surface area contributed by atoms with E-state index in [1.165, 1.54) is 17.7 Å². The molecule has 34 heavy (non-hydrogen) atoms. The Morgan fingerprint density at radius 1 is 0.618 bits per heavy atom. The molecule has 0 bridgehead atoms. The average molecular weight is 514 g/mol. The number of amides is 1. The van der Waals surface area contributed by atoms with Crippen LogP contribution in [0.25, 0.3) is 0 Å². The van der Waals surface area contributed by atoms with Crippen molar-refractivity contribution in [3.8, 4) is 0 Å². The van der Waals surface area contributed by atoms with Gasteiger partial charge in [-0.2, -0.15) is 0 Å². The molecular formula is C24H48ClNO8. The molecule has 0 heterocycles. The fourth-order valence-corrected chi connectivity index (χ4v) is 2.68. The first-order chi connectivity index (χ1) is 16.4. The zero-order chi connectivity index (χ0) is 25.3. The zero-order valence-corrected chi connectivity index (χ0v) is 22.6. The molecule has 10 heteroatoms. The number of carbonyl (C=O) groups excluding carboxylic acids is 1. The van der Waals surface area contributed by atoms with E-state index in [-0.39, 0.29) is 6.09 Å². The van der Waals surface area contributed by atoms with Crippen LogP contribution in [0.5, 0.6) is 0 Å². The third kappa shape index (κ3) is 25.9. The molecule has 204 valence electrons. The fourth-order valence-electron chi connectivity index (χ4n) is 2.49. The summed E-state index contributed by atoms with van der Waals surface area (Å²) in [5.41, 5.74) is -0.498. The summed E-state index contributed by atoms with van der Waals surface area (Å²) in [6.07, 6.45) is 4.14. The number of hydrogen-bond acceptors (Lipinski definition) is 8. The molecule has 0 aliphatic heterocycles. The Kier molecular flexibility index (Phi) is 23.6. The van der Waals surface area contributed by atoms with Gasteiger partial charge in [0.25, 0.3) is 0 Å². The van der Waals surface area contributed by atoms with Gasteiger partial charge in [0.1, 0.15) is 5.60 Å². The monoisotopic (exact) mass is 513 g/mol. The van der Waals surface area contributed by atoms with Crippen LogP contribution in [0.4, 0.5) is 4.79 Å². The van der Waals surface area contributed by atoms with Crippen LogP contribution in [0.2, 0.25) is 0 Å². The SMILES string of the molecule is CN(CCOCCOCCOCCOCCOCCOCCCCCCCl)C(=O)OC(C)(C)C. The van der Waals surface area contributed by atoms with Gasteiger partial charge in [0, 0.05) is 26.1 Å². The molecule has 0 fully saturated rings. The number of unbranched alkanes of at least 4 members (excludes halogenated alkanes) is 3. The second kappa shape index (κ2) is 24.0. The lowest BCUT2D eigenvalue weighted by atomic mass is 10.2. The molecule has 9 nitrogen and oxygen atoms in total. The smallest absolute Gasteiger partial charge is 0.410 e. The van der Waals surface area contributed by atoms with Gasteiger partial charge >= 0.3 is 6.09 Å². The Bertz CT molecular complexity index is 451. The molecule has 0 rings (SSSR count). The third-order valence-corrected chi connectivity index (χ3v) is 4.58. The standard InChI is InChI=1S/C24H48ClNO8/c1-24(2,3)34-23(27)26(4)10-12-29-14-16-31-18-20-33-22-21-32-19-17-30-15-13-28-11-8-6-5-7-9-25/h5-22H2,1-4H3. The second-order valence-electron chi connectivity index (χ2n) is 8.68. The van der Waals surface area contributed by atoms with Crippen molar-refractivity contribution in [2.45, 2.75) is 52.1 Å². The summed E-state index contributed by atoms with van der Waals surface area (Å²) in [5.74, 6) is 0.744. The van der Waals surface area contributed by atoms with Crippen molar-refractivity contribution in [3.63, 3.8) is 0 Å². The molecule has 0 unspecified atom stereocenters. The van der Waals surface area contributed by atoms with Crippen molar-refractivity contribution in [2.75, 3.05) is 98.8 Å². The fraction of sp³-hybridized carbons (Fsp3) is 0.958. The largest absolute Gasteiger partial charge is 0.444 e. The van der Waals surface area contributed by atoms with Crippen molar-refractivity contribution in [1.82, 2.24) is 4.90 Å². The zero-order valence-electron chi connectivity index (χ0n) is 21.8. The summed E-state index contributed by atoms with van der Waals surface area (Å²) in [5, 5.41) is 0. The van der Waals surface area contributed by atoms with E-state index in [9.17, 15) is 4.79 Å². The van der Waals surface area contributed by atoms with Crippen LogP contribution in [0, 0.1) is 0 Å². The second-order valence-corrected chi connectivity index (χ2v) is 9.06. The summed E-state index contributed by atoms with van der Waals surface area (Å²) in [4.78, 5) is 13.3. The maximum absolute atomic E-state index is 11.8. The predicted octanol–water partition coefficient (Wildman–Crippen LogP) is 3.75. The lowest BCUT2D eigenvalue weighted by Gasteiger charge is -2.24. The number of halogens is 1. The van der Waals surface area contributed by atoms with E-state index in [1.54, 1.807) is 7.05 Å². The van der Waals surface area contributed by atoms with Crippen molar-refractivity contribution in [3.05, 3.63) is 0 Å². The molecule has 0 radical (unpaired) electrons. The summed E-state index contributed by atoms with van der Waals surface area (Å²) in [7, 11) is 1.69. The normalized spacial score (nSPS) is 11.7. The first kappa shape index (κ1) is 33.3. The number of hydrogen-bond donors (Lipinski definition) is 0. The molecule has 1 amide bonds. The minimum atomic E-state index is -0.498. The maximum Gasteiger partial charge on any atom is 0.410 e. The van der Waals surface area contributed by atoms with Gasteiger partial charge in [-0.05, 0) is 33.6 Å². The number of likely N-dealkylation sites (N-methyl/N-ethyl adjacent to an activating group) is 1. The van der Waals surface area contributed by atoms with E-state index in [4.69, 9.17) is 44.8 Å². The summed E-state index contributed by atoms with van der Waals surface area (Å²) >= 11 is 5.64. The van der Waals surface area contributed by atoms with Crippen molar-refractivity contribution < 1.29 is 38.0 Å². The highest BCUT2D eigenvalue weighted by Crippen LogP contribution is 2.08. The number of nitrogens with zero attached hydrogens (tertiary/aromatic N) is 1. The van der Waals surface area contributed by atoms with Crippen molar-refractivity contribution >= 4 is 17.7 Å². The van der Waals surface area contributed by atoms with Gasteiger partial charge in [0.2, 0.25) is 0 Å². The molecule has 0 saturated heterocycles. The van der Waals surface area contributed by atoms with Crippen LogP contribution in [-0.4, -0.2) is 115 Å². The number of ether oxygens (including phenoxy) is 7. The molecule has 0 spiro atoms. The molecule has 0 N–H and O–H groups in total. The van der Waals surface area contributed by atoms with Gasteiger partial charge in [-0.3, -0.25) is 0 Å². The molecule has 0 aromatic carbocycles. The van der Waals surface area contributed by atoms with Gasteiger partial charge in [-0.1, -0.05) is 12.8 Å². The van der Waals surface area contributed by atoms with Crippen LogP contribution >= 0.6 is 11.6 Å². The summed E-state index contributed by atoms with van der Waals surface area (Å²) in [6, 6.07) is 0. The molecule has 0 aliphatic carbocycles. The van der Waals surface area contributed by atoms with Crippen LogP contribution in [0.15, 0.2) is 0 Å². The number of rotatable bonds is 24. The van der Waals surface area contributed by atoms with Crippen LogP contribution in [-0.2, 0) is 33.2 Å². The lowest BCUT2D eigenvalue weighted by molar-refractivity contribution is -0.0180. The van der Waals surface area contributed by atoms with E-state index < -0.39 is 5.60 Å². The Morgan fingerprint density at radius 3 is 1.41 bits per heavy atom. The van der Waals surface area contributed by atoms with E-state index in [2.05, 4.69) is 0 Å². The van der Waals surface area contributed by atoms with Crippen molar-refractivity contribution in [2.24, 2.45) is 0 Å². The van der Waals surface area contributed by atoms with E-state index >= 15 is 0 Å². The van der Waals surface area contributed by atoms with Crippen LogP contribution < -0.4 is 0 Å².